The molecular weight excluding hydrogens is 424 g/mol. The van der Waals surface area contributed by atoms with Gasteiger partial charge in [-0.1, -0.05) is 27.7 Å². The molecule has 182 valence electrons. The fourth-order valence-electron chi connectivity index (χ4n) is 2.63. The van der Waals surface area contributed by atoms with Crippen LogP contribution in [-0.2, 0) is 28.8 Å². The smallest absolute Gasteiger partial charge is 0.326 e. The second-order valence-corrected chi connectivity index (χ2v) is 8.26. The minimum absolute atomic E-state index is 0.0308. The number of aliphatic carboxylic acids is 1. The average Bonchev–Trinajstić information content (AvgIpc) is 2.64. The van der Waals surface area contributed by atoms with E-state index in [2.05, 4.69) is 10.6 Å². The highest BCUT2D eigenvalue weighted by atomic mass is 16.4. The number of nitrogens with one attached hydrogen (secondary N) is 3. The molecule has 0 saturated heterocycles. The molecule has 0 bridgehead atoms. The maximum absolute atomic E-state index is 12.8. The van der Waals surface area contributed by atoms with Crippen LogP contribution in [0, 0.1) is 11.8 Å². The molecule has 0 rings (SSSR count). The second-order valence-electron chi connectivity index (χ2n) is 8.26. The van der Waals surface area contributed by atoms with Gasteiger partial charge in [0, 0.05) is 0 Å². The Balaban J connectivity index is 5.56. The molecule has 0 radical (unpaired) electrons. The maximum atomic E-state index is 12.8. The summed E-state index contributed by atoms with van der Waals surface area (Å²) in [7, 11) is 0. The lowest BCUT2D eigenvalue weighted by molar-refractivity contribution is -0.144. The number of rotatable bonds is 14. The number of carbonyl (C=O) groups is 6. The molecule has 4 atom stereocenters. The number of primary amides is 2. The Morgan fingerprint density at radius 1 is 0.719 bits per heavy atom. The summed E-state index contributed by atoms with van der Waals surface area (Å²) in [5, 5.41) is 16.0. The molecule has 5 amide bonds. The van der Waals surface area contributed by atoms with E-state index in [4.69, 9.17) is 22.3 Å². The lowest BCUT2D eigenvalue weighted by Gasteiger charge is -2.26. The van der Waals surface area contributed by atoms with E-state index >= 15 is 0 Å². The van der Waals surface area contributed by atoms with Crippen molar-refractivity contribution in [1.29, 1.82) is 0 Å². The van der Waals surface area contributed by atoms with Gasteiger partial charge >= 0.3 is 5.97 Å². The monoisotopic (exact) mass is 458 g/mol. The van der Waals surface area contributed by atoms with Crippen LogP contribution in [0.2, 0.25) is 0 Å². The summed E-state index contributed by atoms with van der Waals surface area (Å²) in [5.74, 6) is -6.09. The van der Waals surface area contributed by atoms with Crippen LogP contribution in [0.25, 0.3) is 0 Å². The molecule has 0 aliphatic heterocycles. The summed E-state index contributed by atoms with van der Waals surface area (Å²) in [6, 6.07) is -5.15. The van der Waals surface area contributed by atoms with Crippen molar-refractivity contribution >= 4 is 35.5 Å². The van der Waals surface area contributed by atoms with Crippen LogP contribution in [-0.4, -0.2) is 64.8 Å². The largest absolute Gasteiger partial charge is 0.480 e. The highest BCUT2D eigenvalue weighted by molar-refractivity contribution is 5.96. The summed E-state index contributed by atoms with van der Waals surface area (Å²) < 4.78 is 0. The standard InChI is InChI=1S/C19H34N6O7/c1-8(2)5-10(24-18(30)15(22)9(3)4)16(28)23-11(6-13(20)26)17(29)25-12(19(31)32)7-14(21)27/h8-12,15H,5-7,22H2,1-4H3,(H2,20,26)(H2,21,27)(H,23,28)(H,24,30)(H,25,29)(H,31,32). The third kappa shape index (κ3) is 10.7. The van der Waals surface area contributed by atoms with Crippen molar-refractivity contribution in [3.05, 3.63) is 0 Å². The van der Waals surface area contributed by atoms with Gasteiger partial charge in [0.25, 0.3) is 0 Å². The zero-order valence-electron chi connectivity index (χ0n) is 18.7. The number of hydrogen-bond donors (Lipinski definition) is 7. The maximum Gasteiger partial charge on any atom is 0.326 e. The van der Waals surface area contributed by atoms with Crippen LogP contribution >= 0.6 is 0 Å². The lowest BCUT2D eigenvalue weighted by atomic mass is 10.00. The quantitative estimate of drug-likeness (QED) is 0.144. The fraction of sp³-hybridized carbons (Fsp3) is 0.684. The number of carboxylic acids is 1. The van der Waals surface area contributed by atoms with Crippen LogP contribution in [0.3, 0.4) is 0 Å². The highest BCUT2D eigenvalue weighted by Gasteiger charge is 2.32. The molecule has 0 aromatic heterocycles. The number of hydrogen-bond acceptors (Lipinski definition) is 7. The summed E-state index contributed by atoms with van der Waals surface area (Å²) in [5.41, 5.74) is 15.9. The molecule has 0 aliphatic carbocycles. The van der Waals surface area contributed by atoms with Crippen molar-refractivity contribution in [2.24, 2.45) is 29.0 Å². The van der Waals surface area contributed by atoms with Crippen LogP contribution in [0.1, 0.15) is 47.0 Å². The van der Waals surface area contributed by atoms with Gasteiger partial charge in [0.15, 0.2) is 0 Å². The first-order valence-electron chi connectivity index (χ1n) is 10.1. The molecule has 13 heteroatoms. The van der Waals surface area contributed by atoms with Gasteiger partial charge in [-0.15, -0.1) is 0 Å². The number of amides is 5. The Morgan fingerprint density at radius 2 is 1.12 bits per heavy atom. The van der Waals surface area contributed by atoms with Gasteiger partial charge in [-0.25, -0.2) is 4.79 Å². The molecule has 0 saturated carbocycles. The van der Waals surface area contributed by atoms with Crippen molar-refractivity contribution < 1.29 is 33.9 Å². The summed E-state index contributed by atoms with van der Waals surface area (Å²) in [6.45, 7) is 7.09. The minimum atomic E-state index is -1.66. The van der Waals surface area contributed by atoms with Gasteiger partial charge in [0.1, 0.15) is 18.1 Å². The number of nitrogens with two attached hydrogens (primary N) is 3. The molecule has 10 N–H and O–H groups in total. The van der Waals surface area contributed by atoms with Crippen molar-refractivity contribution in [3.63, 3.8) is 0 Å². The Hall–Kier alpha value is -3.22. The molecule has 0 spiro atoms. The van der Waals surface area contributed by atoms with Crippen LogP contribution in [0.5, 0.6) is 0 Å². The van der Waals surface area contributed by atoms with E-state index in [1.54, 1.807) is 13.8 Å². The van der Waals surface area contributed by atoms with E-state index in [-0.39, 0.29) is 18.3 Å². The van der Waals surface area contributed by atoms with Gasteiger partial charge < -0.3 is 38.3 Å². The van der Waals surface area contributed by atoms with Gasteiger partial charge in [0.2, 0.25) is 29.5 Å². The second kappa shape index (κ2) is 13.2. The first kappa shape index (κ1) is 28.8. The van der Waals surface area contributed by atoms with E-state index in [0.29, 0.717) is 0 Å². The zero-order valence-corrected chi connectivity index (χ0v) is 18.7. The van der Waals surface area contributed by atoms with Gasteiger partial charge in [-0.05, 0) is 18.3 Å². The van der Waals surface area contributed by atoms with Crippen molar-refractivity contribution in [1.82, 2.24) is 16.0 Å². The fourth-order valence-corrected chi connectivity index (χ4v) is 2.63. The molecule has 0 heterocycles. The Labute approximate surface area is 186 Å². The van der Waals surface area contributed by atoms with E-state index in [0.717, 1.165) is 0 Å². The predicted octanol–water partition coefficient (Wildman–Crippen LogP) is -2.69. The molecule has 0 aliphatic rings. The molecule has 0 fully saturated rings. The predicted molar refractivity (Wildman–Crippen MR) is 113 cm³/mol. The number of carbonyl (C=O) groups excluding carboxylic acids is 5. The Kier molecular flexibility index (Phi) is 11.9. The van der Waals surface area contributed by atoms with Crippen molar-refractivity contribution in [2.45, 2.75) is 71.1 Å². The van der Waals surface area contributed by atoms with Gasteiger partial charge in [0.05, 0.1) is 18.9 Å². The van der Waals surface area contributed by atoms with Crippen LogP contribution < -0.4 is 33.2 Å². The third-order valence-corrected chi connectivity index (χ3v) is 4.42. The third-order valence-electron chi connectivity index (χ3n) is 4.42. The van der Waals surface area contributed by atoms with Gasteiger partial charge in [-0.2, -0.15) is 0 Å². The molecule has 0 aromatic rings. The first-order valence-corrected chi connectivity index (χ1v) is 10.1. The van der Waals surface area contributed by atoms with Crippen molar-refractivity contribution in [3.8, 4) is 0 Å². The first-order chi connectivity index (χ1) is 14.6. The number of carboxylic acid groups (broad SMARTS) is 1. The molecule has 13 nitrogen and oxygen atoms in total. The summed E-state index contributed by atoms with van der Waals surface area (Å²) >= 11 is 0. The lowest BCUT2D eigenvalue weighted by Crippen LogP contribution is -2.58. The minimum Gasteiger partial charge on any atom is -0.480 e. The molecule has 32 heavy (non-hydrogen) atoms. The Bertz CT molecular complexity index is 725. The zero-order chi connectivity index (χ0) is 25.2. The normalized spacial score (nSPS) is 14.7. The van der Waals surface area contributed by atoms with E-state index < -0.39 is 72.5 Å². The van der Waals surface area contributed by atoms with Gasteiger partial charge in [-0.3, -0.25) is 24.0 Å². The summed E-state index contributed by atoms with van der Waals surface area (Å²) in [6.07, 6.45) is -1.14. The summed E-state index contributed by atoms with van der Waals surface area (Å²) in [4.78, 5) is 71.3. The SMILES string of the molecule is CC(C)CC(NC(=O)C(N)C(C)C)C(=O)NC(CC(N)=O)C(=O)NC(CC(N)=O)C(=O)O. The Morgan fingerprint density at radius 3 is 1.53 bits per heavy atom. The topological polar surface area (TPSA) is 237 Å². The average molecular weight is 459 g/mol. The molecular formula is C19H34N6O7. The molecule has 4 unspecified atom stereocenters. The van der Waals surface area contributed by atoms with Crippen LogP contribution in [0.15, 0.2) is 0 Å². The highest BCUT2D eigenvalue weighted by Crippen LogP contribution is 2.08. The molecule has 0 aromatic carbocycles. The van der Waals surface area contributed by atoms with Crippen LogP contribution in [0.4, 0.5) is 0 Å². The van der Waals surface area contributed by atoms with E-state index in [1.165, 1.54) is 0 Å². The van der Waals surface area contributed by atoms with E-state index in [9.17, 15) is 28.8 Å². The van der Waals surface area contributed by atoms with E-state index in [1.807, 2.05) is 19.2 Å². The van der Waals surface area contributed by atoms with Crippen molar-refractivity contribution in [2.75, 3.05) is 0 Å².